The molecule has 1 unspecified atom stereocenters. The van der Waals surface area contributed by atoms with E-state index in [9.17, 15) is 9.59 Å². The van der Waals surface area contributed by atoms with Crippen LogP contribution < -0.4 is 0 Å². The molecule has 0 radical (unpaired) electrons. The number of carbonyl (C=O) groups excluding carboxylic acids is 2. The number of rotatable bonds is 9. The molecule has 0 aliphatic heterocycles. The van der Waals surface area contributed by atoms with Crippen molar-refractivity contribution in [1.29, 1.82) is 0 Å². The fraction of sp³-hybridized carbons (Fsp3) is 0.455. The Morgan fingerprint density at radius 1 is 0.963 bits per heavy atom. The predicted molar refractivity (Wildman–Crippen MR) is 107 cm³/mol. The number of nitrogens with zero attached hydrogens (tertiary/aromatic N) is 1. The standard InChI is InChI=1S/C22H29NO4/c1-4-7-14-23(22(25)27-6-3)20(21(24)26-5-2)16-17-12-13-18-10-8-9-11-19(18)15-17/h8-13,15,20H,4-7,14,16H2,1-3H3. The summed E-state index contributed by atoms with van der Waals surface area (Å²) in [7, 11) is 0. The first-order valence-electron chi connectivity index (χ1n) is 9.68. The van der Waals surface area contributed by atoms with Crippen molar-refractivity contribution in [2.24, 2.45) is 0 Å². The average Bonchev–Trinajstić information content (AvgIpc) is 2.67. The van der Waals surface area contributed by atoms with Gasteiger partial charge in [-0.15, -0.1) is 0 Å². The van der Waals surface area contributed by atoms with Crippen molar-refractivity contribution < 1.29 is 19.1 Å². The molecular formula is C22H29NO4. The van der Waals surface area contributed by atoms with E-state index in [-0.39, 0.29) is 13.2 Å². The maximum atomic E-state index is 12.7. The van der Waals surface area contributed by atoms with Crippen LogP contribution in [0.3, 0.4) is 0 Å². The van der Waals surface area contributed by atoms with Crippen LogP contribution in [0.25, 0.3) is 10.8 Å². The van der Waals surface area contributed by atoms with Gasteiger partial charge in [0.25, 0.3) is 0 Å². The number of hydrogen-bond acceptors (Lipinski definition) is 4. The molecule has 0 saturated carbocycles. The normalized spacial score (nSPS) is 11.8. The van der Waals surface area contributed by atoms with Crippen molar-refractivity contribution in [2.75, 3.05) is 19.8 Å². The Kier molecular flexibility index (Phi) is 8.11. The molecule has 0 heterocycles. The summed E-state index contributed by atoms with van der Waals surface area (Å²) in [5.41, 5.74) is 0.984. The molecule has 0 fully saturated rings. The van der Waals surface area contributed by atoms with Crippen LogP contribution in [0.15, 0.2) is 42.5 Å². The highest BCUT2D eigenvalue weighted by Crippen LogP contribution is 2.19. The van der Waals surface area contributed by atoms with E-state index in [2.05, 4.69) is 6.07 Å². The molecule has 2 aromatic carbocycles. The second kappa shape index (κ2) is 10.6. The summed E-state index contributed by atoms with van der Waals surface area (Å²) in [5, 5.41) is 2.25. The molecule has 0 spiro atoms. The number of unbranched alkanes of at least 4 members (excludes halogenated alkanes) is 1. The molecule has 0 aromatic heterocycles. The predicted octanol–water partition coefficient (Wildman–Crippen LogP) is 4.57. The lowest BCUT2D eigenvalue weighted by Gasteiger charge is -2.29. The average molecular weight is 371 g/mol. The molecule has 5 heteroatoms. The third-order valence-electron chi connectivity index (χ3n) is 4.43. The van der Waals surface area contributed by atoms with Crippen LogP contribution in [0.1, 0.15) is 39.2 Å². The Labute approximate surface area is 161 Å². The minimum absolute atomic E-state index is 0.271. The zero-order valence-corrected chi connectivity index (χ0v) is 16.4. The summed E-state index contributed by atoms with van der Waals surface area (Å²) in [6, 6.07) is 13.5. The lowest BCUT2D eigenvalue weighted by atomic mass is 10.0. The first-order valence-corrected chi connectivity index (χ1v) is 9.68. The van der Waals surface area contributed by atoms with Gasteiger partial charge in [0.2, 0.25) is 0 Å². The van der Waals surface area contributed by atoms with Gasteiger partial charge in [0.1, 0.15) is 6.04 Å². The van der Waals surface area contributed by atoms with Crippen LogP contribution in [-0.2, 0) is 20.7 Å². The van der Waals surface area contributed by atoms with E-state index < -0.39 is 18.1 Å². The number of benzene rings is 2. The third-order valence-corrected chi connectivity index (χ3v) is 4.43. The molecule has 146 valence electrons. The van der Waals surface area contributed by atoms with Gasteiger partial charge < -0.3 is 9.47 Å². The highest BCUT2D eigenvalue weighted by molar-refractivity contribution is 5.84. The number of ether oxygens (including phenoxy) is 2. The first kappa shape index (κ1) is 20.7. The molecule has 0 bridgehead atoms. The highest BCUT2D eigenvalue weighted by Gasteiger charge is 2.31. The quantitative estimate of drug-likeness (QED) is 0.606. The summed E-state index contributed by atoms with van der Waals surface area (Å²) in [6.07, 6.45) is 1.64. The third kappa shape index (κ3) is 5.71. The van der Waals surface area contributed by atoms with Gasteiger partial charge in [-0.2, -0.15) is 0 Å². The van der Waals surface area contributed by atoms with Crippen LogP contribution in [0, 0.1) is 0 Å². The fourth-order valence-corrected chi connectivity index (χ4v) is 3.06. The van der Waals surface area contributed by atoms with Gasteiger partial charge >= 0.3 is 12.1 Å². The van der Waals surface area contributed by atoms with E-state index in [1.165, 1.54) is 4.90 Å². The van der Waals surface area contributed by atoms with Crippen molar-refractivity contribution in [3.8, 4) is 0 Å². The molecule has 1 atom stereocenters. The smallest absolute Gasteiger partial charge is 0.410 e. The fourth-order valence-electron chi connectivity index (χ4n) is 3.06. The lowest BCUT2D eigenvalue weighted by Crippen LogP contribution is -2.48. The number of carbonyl (C=O) groups is 2. The van der Waals surface area contributed by atoms with Crippen LogP contribution in [0.2, 0.25) is 0 Å². The lowest BCUT2D eigenvalue weighted by molar-refractivity contribution is -0.149. The van der Waals surface area contributed by atoms with Gasteiger partial charge in [-0.25, -0.2) is 9.59 Å². The zero-order valence-electron chi connectivity index (χ0n) is 16.4. The van der Waals surface area contributed by atoms with Gasteiger partial charge in [0.05, 0.1) is 13.2 Å². The monoisotopic (exact) mass is 371 g/mol. The minimum Gasteiger partial charge on any atom is -0.464 e. The van der Waals surface area contributed by atoms with Crippen molar-refractivity contribution >= 4 is 22.8 Å². The Bertz CT molecular complexity index is 759. The van der Waals surface area contributed by atoms with Crippen molar-refractivity contribution in [1.82, 2.24) is 4.90 Å². The van der Waals surface area contributed by atoms with E-state index in [0.29, 0.717) is 13.0 Å². The minimum atomic E-state index is -0.697. The number of amides is 1. The molecule has 27 heavy (non-hydrogen) atoms. The first-order chi connectivity index (χ1) is 13.1. The van der Waals surface area contributed by atoms with E-state index in [0.717, 1.165) is 29.2 Å². The SMILES string of the molecule is CCCCN(C(=O)OCC)C(Cc1ccc2ccccc2c1)C(=O)OCC. The van der Waals surface area contributed by atoms with Gasteiger partial charge in [-0.3, -0.25) is 4.90 Å². The largest absolute Gasteiger partial charge is 0.464 e. The summed E-state index contributed by atoms with van der Waals surface area (Å²) >= 11 is 0. The molecule has 1 amide bonds. The van der Waals surface area contributed by atoms with Crippen molar-refractivity contribution in [2.45, 2.75) is 46.1 Å². The Balaban J connectivity index is 2.31. The molecule has 5 nitrogen and oxygen atoms in total. The Hall–Kier alpha value is -2.56. The van der Waals surface area contributed by atoms with Gasteiger partial charge in [-0.1, -0.05) is 55.8 Å². The molecular weight excluding hydrogens is 342 g/mol. The Morgan fingerprint density at radius 2 is 1.67 bits per heavy atom. The summed E-state index contributed by atoms with van der Waals surface area (Å²) < 4.78 is 10.5. The van der Waals surface area contributed by atoms with Gasteiger partial charge in [0, 0.05) is 13.0 Å². The number of hydrogen-bond donors (Lipinski definition) is 0. The van der Waals surface area contributed by atoms with Crippen molar-refractivity contribution in [3.05, 3.63) is 48.0 Å². The van der Waals surface area contributed by atoms with Crippen molar-refractivity contribution in [3.63, 3.8) is 0 Å². The molecule has 0 saturated heterocycles. The molecule has 2 rings (SSSR count). The maximum Gasteiger partial charge on any atom is 0.410 e. The maximum absolute atomic E-state index is 12.7. The Morgan fingerprint density at radius 3 is 2.33 bits per heavy atom. The van der Waals surface area contributed by atoms with E-state index in [1.807, 2.05) is 43.3 Å². The van der Waals surface area contributed by atoms with Crippen LogP contribution in [0.4, 0.5) is 4.79 Å². The molecule has 0 aliphatic rings. The van der Waals surface area contributed by atoms with Gasteiger partial charge in [0.15, 0.2) is 0 Å². The molecule has 2 aromatic rings. The zero-order chi connectivity index (χ0) is 19.6. The summed E-state index contributed by atoms with van der Waals surface area (Å²) in [5.74, 6) is -0.394. The van der Waals surface area contributed by atoms with Crippen LogP contribution in [-0.4, -0.2) is 42.8 Å². The van der Waals surface area contributed by atoms with E-state index in [4.69, 9.17) is 9.47 Å². The van der Waals surface area contributed by atoms with E-state index >= 15 is 0 Å². The highest BCUT2D eigenvalue weighted by atomic mass is 16.6. The van der Waals surface area contributed by atoms with Crippen LogP contribution >= 0.6 is 0 Å². The summed E-state index contributed by atoms with van der Waals surface area (Å²) in [6.45, 7) is 6.59. The molecule has 0 N–H and O–H groups in total. The second-order valence-corrected chi connectivity index (χ2v) is 6.40. The summed E-state index contributed by atoms with van der Waals surface area (Å²) in [4.78, 5) is 26.7. The van der Waals surface area contributed by atoms with Gasteiger partial charge in [-0.05, 0) is 36.6 Å². The second-order valence-electron chi connectivity index (χ2n) is 6.40. The number of esters is 1. The number of fused-ring (bicyclic) bond motifs is 1. The molecule has 0 aliphatic carbocycles. The van der Waals surface area contributed by atoms with E-state index in [1.54, 1.807) is 13.8 Å². The van der Waals surface area contributed by atoms with Crippen LogP contribution in [0.5, 0.6) is 0 Å². The topological polar surface area (TPSA) is 55.8 Å².